The van der Waals surface area contributed by atoms with Gasteiger partial charge >= 0.3 is 0 Å². The van der Waals surface area contributed by atoms with E-state index in [4.69, 9.17) is 9.47 Å². The summed E-state index contributed by atoms with van der Waals surface area (Å²) in [6.07, 6.45) is 5.17. The van der Waals surface area contributed by atoms with Gasteiger partial charge in [-0.2, -0.15) is 0 Å². The largest absolute Gasteiger partial charge is 0.486 e. The zero-order valence-electron chi connectivity index (χ0n) is 14.2. The fourth-order valence-electron chi connectivity index (χ4n) is 2.77. The second-order valence-electron chi connectivity index (χ2n) is 5.94. The number of fused-ring (bicyclic) bond motifs is 1. The number of rotatable bonds is 4. The van der Waals surface area contributed by atoms with E-state index in [9.17, 15) is 4.79 Å². The van der Waals surface area contributed by atoms with Crippen molar-refractivity contribution in [3.05, 3.63) is 60.3 Å². The third-order valence-electron chi connectivity index (χ3n) is 4.20. The zero-order valence-corrected chi connectivity index (χ0v) is 14.2. The van der Waals surface area contributed by atoms with Crippen molar-refractivity contribution in [1.29, 1.82) is 0 Å². The fourth-order valence-corrected chi connectivity index (χ4v) is 2.77. The summed E-state index contributed by atoms with van der Waals surface area (Å²) in [6, 6.07) is 8.99. The van der Waals surface area contributed by atoms with E-state index < -0.39 is 0 Å². The quantitative estimate of drug-likeness (QED) is 0.717. The number of pyridine rings is 1. The van der Waals surface area contributed by atoms with Crippen LogP contribution in [0.4, 0.5) is 0 Å². The van der Waals surface area contributed by atoms with Gasteiger partial charge in [-0.3, -0.25) is 9.78 Å². The lowest BCUT2D eigenvalue weighted by atomic mass is 10.2. The Kier molecular flexibility index (Phi) is 4.70. The maximum absolute atomic E-state index is 12.4. The topological polar surface area (TPSA) is 77.4 Å². The van der Waals surface area contributed by atoms with Crippen LogP contribution in [0.3, 0.4) is 0 Å². The first-order valence-corrected chi connectivity index (χ1v) is 8.45. The lowest BCUT2D eigenvalue weighted by Crippen LogP contribution is -2.40. The molecular formula is C19H18N4O3. The number of hydrogen-bond donors (Lipinski definition) is 0. The van der Waals surface area contributed by atoms with Crippen LogP contribution < -0.4 is 4.74 Å². The van der Waals surface area contributed by atoms with E-state index in [0.29, 0.717) is 43.4 Å². The van der Waals surface area contributed by atoms with Crippen LogP contribution in [0.2, 0.25) is 0 Å². The van der Waals surface area contributed by atoms with Crippen molar-refractivity contribution in [2.75, 3.05) is 26.3 Å². The van der Waals surface area contributed by atoms with E-state index >= 15 is 0 Å². The average Bonchev–Trinajstić information content (AvgIpc) is 2.72. The van der Waals surface area contributed by atoms with Crippen molar-refractivity contribution < 1.29 is 14.3 Å². The van der Waals surface area contributed by atoms with Crippen LogP contribution in [0, 0.1) is 0 Å². The van der Waals surface area contributed by atoms with Crippen molar-refractivity contribution >= 4 is 16.8 Å². The van der Waals surface area contributed by atoms with Crippen LogP contribution in [-0.2, 0) is 11.3 Å². The number of ether oxygens (including phenoxy) is 2. The SMILES string of the molecule is O=C(c1ccc(OCc2ncc3ccncc3n2)cc1)N1CCOCC1. The molecule has 0 aliphatic carbocycles. The Morgan fingerprint density at radius 3 is 2.73 bits per heavy atom. The number of benzene rings is 1. The van der Waals surface area contributed by atoms with Gasteiger partial charge in [-0.15, -0.1) is 0 Å². The third kappa shape index (κ3) is 3.62. The van der Waals surface area contributed by atoms with Gasteiger partial charge in [0.2, 0.25) is 0 Å². The van der Waals surface area contributed by atoms with Crippen molar-refractivity contribution in [3.63, 3.8) is 0 Å². The average molecular weight is 350 g/mol. The lowest BCUT2D eigenvalue weighted by molar-refractivity contribution is 0.0303. The summed E-state index contributed by atoms with van der Waals surface area (Å²) in [5.74, 6) is 1.27. The lowest BCUT2D eigenvalue weighted by Gasteiger charge is -2.26. The van der Waals surface area contributed by atoms with Crippen LogP contribution in [0.15, 0.2) is 48.9 Å². The number of aromatic nitrogens is 3. The zero-order chi connectivity index (χ0) is 17.8. The normalized spacial score (nSPS) is 14.4. The number of nitrogens with zero attached hydrogens (tertiary/aromatic N) is 4. The number of carbonyl (C=O) groups excluding carboxylic acids is 1. The first kappa shape index (κ1) is 16.4. The Morgan fingerprint density at radius 2 is 1.92 bits per heavy atom. The van der Waals surface area contributed by atoms with Crippen molar-refractivity contribution in [1.82, 2.24) is 19.9 Å². The highest BCUT2D eigenvalue weighted by Gasteiger charge is 2.18. The fraction of sp³-hybridized carbons (Fsp3) is 0.263. The molecule has 132 valence electrons. The molecule has 0 radical (unpaired) electrons. The molecule has 4 rings (SSSR count). The van der Waals surface area contributed by atoms with Crippen LogP contribution in [0.1, 0.15) is 16.2 Å². The molecule has 26 heavy (non-hydrogen) atoms. The van der Waals surface area contributed by atoms with Gasteiger partial charge in [-0.05, 0) is 30.3 Å². The third-order valence-corrected chi connectivity index (χ3v) is 4.20. The molecule has 7 nitrogen and oxygen atoms in total. The summed E-state index contributed by atoms with van der Waals surface area (Å²) < 4.78 is 11.0. The minimum atomic E-state index is 0.0187. The van der Waals surface area contributed by atoms with Gasteiger partial charge in [-0.1, -0.05) is 0 Å². The van der Waals surface area contributed by atoms with E-state index in [-0.39, 0.29) is 12.5 Å². The minimum Gasteiger partial charge on any atom is -0.486 e. The first-order chi connectivity index (χ1) is 12.8. The smallest absolute Gasteiger partial charge is 0.254 e. The molecule has 3 aromatic rings. The second kappa shape index (κ2) is 7.45. The maximum Gasteiger partial charge on any atom is 0.254 e. The van der Waals surface area contributed by atoms with Crippen molar-refractivity contribution in [2.24, 2.45) is 0 Å². The Morgan fingerprint density at radius 1 is 1.12 bits per heavy atom. The Labute approximate surface area is 150 Å². The highest BCUT2D eigenvalue weighted by Crippen LogP contribution is 2.16. The molecule has 1 amide bonds. The molecule has 7 heteroatoms. The van der Waals surface area contributed by atoms with Crippen LogP contribution in [-0.4, -0.2) is 52.1 Å². The molecule has 0 saturated carbocycles. The monoisotopic (exact) mass is 350 g/mol. The van der Waals surface area contributed by atoms with E-state index in [1.165, 1.54) is 0 Å². The molecule has 3 heterocycles. The molecule has 0 bridgehead atoms. The van der Waals surface area contributed by atoms with Gasteiger partial charge in [0.05, 0.1) is 24.9 Å². The number of amides is 1. The molecule has 1 aromatic carbocycles. The molecule has 0 spiro atoms. The van der Waals surface area contributed by atoms with Crippen LogP contribution in [0.5, 0.6) is 5.75 Å². The molecule has 1 aliphatic heterocycles. The Balaban J connectivity index is 1.39. The summed E-state index contributed by atoms with van der Waals surface area (Å²) in [7, 11) is 0. The summed E-state index contributed by atoms with van der Waals surface area (Å²) in [5, 5.41) is 0.940. The molecule has 1 aliphatic rings. The molecule has 2 aromatic heterocycles. The molecule has 0 N–H and O–H groups in total. The Hall–Kier alpha value is -3.06. The van der Waals surface area contributed by atoms with Crippen LogP contribution in [0.25, 0.3) is 10.9 Å². The number of hydrogen-bond acceptors (Lipinski definition) is 6. The van der Waals surface area contributed by atoms with Gasteiger partial charge < -0.3 is 14.4 Å². The van der Waals surface area contributed by atoms with E-state index in [0.717, 1.165) is 10.9 Å². The van der Waals surface area contributed by atoms with Gasteiger partial charge in [0.15, 0.2) is 5.82 Å². The Bertz CT molecular complexity index is 908. The highest BCUT2D eigenvalue weighted by atomic mass is 16.5. The van der Waals surface area contributed by atoms with Crippen molar-refractivity contribution in [3.8, 4) is 5.75 Å². The summed E-state index contributed by atoms with van der Waals surface area (Å²) >= 11 is 0. The molecular weight excluding hydrogens is 332 g/mol. The minimum absolute atomic E-state index is 0.0187. The first-order valence-electron chi connectivity index (χ1n) is 8.45. The van der Waals surface area contributed by atoms with Gasteiger partial charge in [0.25, 0.3) is 5.91 Å². The molecule has 1 fully saturated rings. The van der Waals surface area contributed by atoms with Crippen molar-refractivity contribution in [2.45, 2.75) is 6.61 Å². The van der Waals surface area contributed by atoms with Crippen LogP contribution >= 0.6 is 0 Å². The summed E-state index contributed by atoms with van der Waals surface area (Å²) in [5.41, 5.74) is 1.43. The molecule has 0 atom stereocenters. The molecule has 1 saturated heterocycles. The maximum atomic E-state index is 12.4. The molecule has 0 unspecified atom stereocenters. The van der Waals surface area contributed by atoms with Gasteiger partial charge in [0.1, 0.15) is 12.4 Å². The van der Waals surface area contributed by atoms with Gasteiger partial charge in [-0.25, -0.2) is 9.97 Å². The van der Waals surface area contributed by atoms with Gasteiger partial charge in [0, 0.05) is 36.4 Å². The number of morpholine rings is 1. The highest BCUT2D eigenvalue weighted by molar-refractivity contribution is 5.94. The predicted octanol–water partition coefficient (Wildman–Crippen LogP) is 2.08. The van der Waals surface area contributed by atoms with E-state index in [2.05, 4.69) is 15.0 Å². The van der Waals surface area contributed by atoms with E-state index in [1.54, 1.807) is 47.8 Å². The summed E-state index contributed by atoms with van der Waals surface area (Å²) in [4.78, 5) is 27.0. The second-order valence-corrected chi connectivity index (χ2v) is 5.94. The van der Waals surface area contributed by atoms with E-state index in [1.807, 2.05) is 6.07 Å². The summed E-state index contributed by atoms with van der Waals surface area (Å²) in [6.45, 7) is 2.69. The standard InChI is InChI=1S/C19H18N4O3/c24-19(23-7-9-25-10-8-23)14-1-3-16(4-2-14)26-13-18-21-11-15-5-6-20-12-17(15)22-18/h1-6,11-12H,7-10,13H2. The predicted molar refractivity (Wildman–Crippen MR) is 94.8 cm³/mol. The number of carbonyl (C=O) groups is 1.